The molecule has 8 nitrogen and oxygen atoms in total. The van der Waals surface area contributed by atoms with Crippen molar-refractivity contribution in [2.45, 2.75) is 27.2 Å². The van der Waals surface area contributed by atoms with Crippen LogP contribution in [0.5, 0.6) is 5.88 Å². The van der Waals surface area contributed by atoms with Crippen LogP contribution in [0.25, 0.3) is 0 Å². The highest BCUT2D eigenvalue weighted by atomic mass is 16.6. The molecular formula is C12H20N4O4. The van der Waals surface area contributed by atoms with E-state index in [0.717, 1.165) is 6.42 Å². The Morgan fingerprint density at radius 2 is 2.05 bits per heavy atom. The first-order valence-electron chi connectivity index (χ1n) is 6.57. The number of aromatic nitrogens is 2. The maximum atomic E-state index is 11.1. The van der Waals surface area contributed by atoms with Gasteiger partial charge < -0.3 is 14.8 Å². The number of rotatable bonds is 9. The van der Waals surface area contributed by atoms with E-state index in [1.54, 1.807) is 6.92 Å². The summed E-state index contributed by atoms with van der Waals surface area (Å²) < 4.78 is 10.5. The normalized spacial score (nSPS) is 10.3. The van der Waals surface area contributed by atoms with E-state index in [0.29, 0.717) is 25.7 Å². The van der Waals surface area contributed by atoms with E-state index in [1.807, 2.05) is 13.8 Å². The van der Waals surface area contributed by atoms with Crippen LogP contribution < -0.4 is 10.1 Å². The van der Waals surface area contributed by atoms with Crippen molar-refractivity contribution in [3.05, 3.63) is 15.8 Å². The standard InChI is InChI=1S/C12H20N4O4/c1-4-6-13-12-14-9(3)10(16(17)18)11(15-12)20-8-7-19-5-2/h4-8H2,1-3H3,(H,13,14,15). The number of nitrogens with zero attached hydrogens (tertiary/aromatic N) is 3. The quantitative estimate of drug-likeness (QED) is 0.420. The number of nitro groups is 1. The second kappa shape index (κ2) is 8.26. The van der Waals surface area contributed by atoms with Gasteiger partial charge in [-0.1, -0.05) is 6.92 Å². The number of ether oxygens (including phenoxy) is 2. The zero-order valence-electron chi connectivity index (χ0n) is 12.0. The van der Waals surface area contributed by atoms with Gasteiger partial charge in [-0.15, -0.1) is 0 Å². The molecule has 0 unspecified atom stereocenters. The largest absolute Gasteiger partial charge is 0.470 e. The molecule has 0 fully saturated rings. The Morgan fingerprint density at radius 3 is 2.65 bits per heavy atom. The summed E-state index contributed by atoms with van der Waals surface area (Å²) in [6.07, 6.45) is 0.903. The van der Waals surface area contributed by atoms with E-state index in [1.165, 1.54) is 0 Å². The summed E-state index contributed by atoms with van der Waals surface area (Å²) in [5.74, 6) is 0.308. The van der Waals surface area contributed by atoms with Gasteiger partial charge in [-0.3, -0.25) is 10.1 Å². The topological polar surface area (TPSA) is 99.4 Å². The fraction of sp³-hybridized carbons (Fsp3) is 0.667. The van der Waals surface area contributed by atoms with E-state index in [2.05, 4.69) is 15.3 Å². The molecule has 1 aromatic rings. The number of hydrogen-bond donors (Lipinski definition) is 1. The van der Waals surface area contributed by atoms with Gasteiger partial charge in [0.25, 0.3) is 5.88 Å². The predicted molar refractivity (Wildman–Crippen MR) is 74.2 cm³/mol. The van der Waals surface area contributed by atoms with Gasteiger partial charge in [-0.25, -0.2) is 4.98 Å². The van der Waals surface area contributed by atoms with Crippen LogP contribution in [0.1, 0.15) is 26.0 Å². The lowest BCUT2D eigenvalue weighted by molar-refractivity contribution is -0.387. The molecule has 0 aliphatic heterocycles. The van der Waals surface area contributed by atoms with Crippen molar-refractivity contribution in [1.29, 1.82) is 0 Å². The number of hydrogen-bond acceptors (Lipinski definition) is 7. The summed E-state index contributed by atoms with van der Waals surface area (Å²) in [7, 11) is 0. The Morgan fingerprint density at radius 1 is 1.30 bits per heavy atom. The van der Waals surface area contributed by atoms with E-state index in [9.17, 15) is 10.1 Å². The van der Waals surface area contributed by atoms with Gasteiger partial charge in [0.2, 0.25) is 5.95 Å². The minimum atomic E-state index is -0.533. The third kappa shape index (κ3) is 4.61. The lowest BCUT2D eigenvalue weighted by Gasteiger charge is -2.09. The molecule has 0 aliphatic carbocycles. The highest BCUT2D eigenvalue weighted by Crippen LogP contribution is 2.28. The molecule has 8 heteroatoms. The lowest BCUT2D eigenvalue weighted by Crippen LogP contribution is -2.12. The molecule has 1 heterocycles. The predicted octanol–water partition coefficient (Wildman–Crippen LogP) is 1.93. The zero-order chi connectivity index (χ0) is 15.0. The van der Waals surface area contributed by atoms with Crippen LogP contribution in [0.3, 0.4) is 0 Å². The van der Waals surface area contributed by atoms with Crippen molar-refractivity contribution >= 4 is 11.6 Å². The van der Waals surface area contributed by atoms with Crippen molar-refractivity contribution in [1.82, 2.24) is 9.97 Å². The number of aryl methyl sites for hydroxylation is 1. The van der Waals surface area contributed by atoms with E-state index < -0.39 is 4.92 Å². The minimum Gasteiger partial charge on any atom is -0.470 e. The second-order valence-corrected chi connectivity index (χ2v) is 4.02. The molecule has 0 aromatic carbocycles. The van der Waals surface area contributed by atoms with Gasteiger partial charge in [0.15, 0.2) is 0 Å². The molecule has 0 saturated carbocycles. The summed E-state index contributed by atoms with van der Waals surface area (Å²) in [5, 5.41) is 14.0. The monoisotopic (exact) mass is 284 g/mol. The van der Waals surface area contributed by atoms with Crippen molar-refractivity contribution in [2.75, 3.05) is 31.7 Å². The summed E-state index contributed by atoms with van der Waals surface area (Å²) in [6.45, 7) is 7.25. The van der Waals surface area contributed by atoms with E-state index in [-0.39, 0.29) is 23.9 Å². The minimum absolute atomic E-state index is 0.0270. The van der Waals surface area contributed by atoms with Crippen LogP contribution in [0.4, 0.5) is 11.6 Å². The Labute approximate surface area is 117 Å². The molecular weight excluding hydrogens is 264 g/mol. The lowest BCUT2D eigenvalue weighted by atomic mass is 10.3. The van der Waals surface area contributed by atoms with E-state index in [4.69, 9.17) is 9.47 Å². The summed E-state index contributed by atoms with van der Waals surface area (Å²) in [4.78, 5) is 18.6. The molecule has 1 N–H and O–H groups in total. The van der Waals surface area contributed by atoms with Crippen molar-refractivity contribution < 1.29 is 14.4 Å². The fourth-order valence-corrected chi connectivity index (χ4v) is 1.51. The molecule has 0 aliphatic rings. The van der Waals surface area contributed by atoms with Crippen molar-refractivity contribution in [2.24, 2.45) is 0 Å². The maximum absolute atomic E-state index is 11.1. The molecule has 0 amide bonds. The first kappa shape index (κ1) is 16.1. The van der Waals surface area contributed by atoms with E-state index >= 15 is 0 Å². The van der Waals surface area contributed by atoms with Crippen molar-refractivity contribution in [3.63, 3.8) is 0 Å². The Kier molecular flexibility index (Phi) is 6.65. The van der Waals surface area contributed by atoms with Gasteiger partial charge >= 0.3 is 5.69 Å². The van der Waals surface area contributed by atoms with Crippen LogP contribution in [0, 0.1) is 17.0 Å². The van der Waals surface area contributed by atoms with Crippen LogP contribution >= 0.6 is 0 Å². The SMILES string of the molecule is CCCNc1nc(C)c([N+](=O)[O-])c(OCCOCC)n1. The van der Waals surface area contributed by atoms with Crippen LogP contribution in [-0.2, 0) is 4.74 Å². The van der Waals surface area contributed by atoms with Gasteiger partial charge in [0.1, 0.15) is 12.3 Å². The molecule has 1 rings (SSSR count). The van der Waals surface area contributed by atoms with Crippen molar-refractivity contribution in [3.8, 4) is 5.88 Å². The second-order valence-electron chi connectivity index (χ2n) is 4.02. The third-order valence-electron chi connectivity index (χ3n) is 2.41. The van der Waals surface area contributed by atoms with Crippen LogP contribution in [0.2, 0.25) is 0 Å². The fourth-order valence-electron chi connectivity index (χ4n) is 1.51. The smallest absolute Gasteiger partial charge is 0.352 e. The summed E-state index contributed by atoms with van der Waals surface area (Å²) in [6, 6.07) is 0. The molecule has 0 spiro atoms. The zero-order valence-corrected chi connectivity index (χ0v) is 12.0. The van der Waals surface area contributed by atoms with Crippen LogP contribution in [-0.4, -0.2) is 41.3 Å². The molecule has 0 saturated heterocycles. The maximum Gasteiger partial charge on any atom is 0.352 e. The Hall–Kier alpha value is -1.96. The van der Waals surface area contributed by atoms with Gasteiger partial charge in [0, 0.05) is 13.2 Å². The average molecular weight is 284 g/mol. The molecule has 0 atom stereocenters. The Bertz CT molecular complexity index is 453. The van der Waals surface area contributed by atoms with Gasteiger partial charge in [-0.05, 0) is 20.3 Å². The van der Waals surface area contributed by atoms with Gasteiger partial charge in [-0.2, -0.15) is 4.98 Å². The summed E-state index contributed by atoms with van der Waals surface area (Å²) in [5.41, 5.74) is 0.0681. The summed E-state index contributed by atoms with van der Waals surface area (Å²) >= 11 is 0. The average Bonchev–Trinajstić information content (AvgIpc) is 2.40. The number of nitrogens with one attached hydrogen (secondary N) is 1. The number of anilines is 1. The molecule has 0 radical (unpaired) electrons. The van der Waals surface area contributed by atoms with Gasteiger partial charge in [0.05, 0.1) is 11.5 Å². The first-order valence-corrected chi connectivity index (χ1v) is 6.57. The first-order chi connectivity index (χ1) is 9.60. The van der Waals surface area contributed by atoms with Crippen LogP contribution in [0.15, 0.2) is 0 Å². The molecule has 1 aromatic heterocycles. The molecule has 112 valence electrons. The Balaban J connectivity index is 2.90. The highest BCUT2D eigenvalue weighted by Gasteiger charge is 2.23. The third-order valence-corrected chi connectivity index (χ3v) is 2.41. The highest BCUT2D eigenvalue weighted by molar-refractivity contribution is 5.48. The molecule has 0 bridgehead atoms. The molecule has 20 heavy (non-hydrogen) atoms.